The monoisotopic (exact) mass is 386 g/mol. The Bertz CT molecular complexity index is 1030. The molecule has 0 fully saturated rings. The Balaban J connectivity index is 2.68. The molecule has 0 unspecified atom stereocenters. The highest BCUT2D eigenvalue weighted by atomic mass is 35.5. The van der Waals surface area contributed by atoms with Gasteiger partial charge in [0, 0.05) is 17.8 Å². The second kappa shape index (κ2) is 6.82. The number of rotatable bonds is 4. The van der Waals surface area contributed by atoms with Gasteiger partial charge in [0.05, 0.1) is 0 Å². The summed E-state index contributed by atoms with van der Waals surface area (Å²) in [5.74, 6) is -0.395. The van der Waals surface area contributed by atoms with Gasteiger partial charge in [-0.05, 0) is 32.0 Å². The second-order valence-electron chi connectivity index (χ2n) is 5.06. The number of aromatic nitrogens is 1. The van der Waals surface area contributed by atoms with Gasteiger partial charge in [0.15, 0.2) is 5.69 Å². The number of azo groups is 1. The van der Waals surface area contributed by atoms with Crippen LogP contribution in [0, 0.1) is 6.92 Å². The van der Waals surface area contributed by atoms with Crippen LogP contribution in [0.15, 0.2) is 38.1 Å². The Morgan fingerprint density at radius 1 is 1.32 bits per heavy atom. The Labute approximate surface area is 148 Å². The average molecular weight is 387 g/mol. The molecule has 2 rings (SSSR count). The number of nitrogens with two attached hydrogens (primary N) is 1. The number of nitrogens with zero attached hydrogens (tertiary/aromatic N) is 3. The van der Waals surface area contributed by atoms with Gasteiger partial charge in [-0.1, -0.05) is 11.6 Å². The van der Waals surface area contributed by atoms with Crippen LogP contribution in [0.3, 0.4) is 0 Å². The van der Waals surface area contributed by atoms with E-state index in [1.807, 2.05) is 0 Å². The first-order chi connectivity index (χ1) is 11.6. The molecule has 0 aliphatic carbocycles. The summed E-state index contributed by atoms with van der Waals surface area (Å²) in [5.41, 5.74) is 4.89. The first-order valence-corrected chi connectivity index (χ1v) is 8.80. The molecule has 0 saturated carbocycles. The molecule has 1 heterocycles. The van der Waals surface area contributed by atoms with E-state index in [4.69, 9.17) is 17.3 Å². The standard InChI is InChI=1S/C14H15ClN4O5S/c1-3-19-13(20)11(15)7(2)12(14(19)21)18-17-9-6-8(16)4-5-10(9)25(22,23)24/h4-6,20H,3,16H2,1-2H3,(H,22,23,24). The molecule has 134 valence electrons. The Morgan fingerprint density at radius 2 is 1.96 bits per heavy atom. The van der Waals surface area contributed by atoms with Crippen LogP contribution in [-0.2, 0) is 16.7 Å². The largest absolute Gasteiger partial charge is 0.493 e. The van der Waals surface area contributed by atoms with Gasteiger partial charge in [0.1, 0.15) is 15.6 Å². The van der Waals surface area contributed by atoms with Gasteiger partial charge in [0.25, 0.3) is 15.7 Å². The minimum absolute atomic E-state index is 0.0713. The fourth-order valence-electron chi connectivity index (χ4n) is 2.12. The average Bonchev–Trinajstić information content (AvgIpc) is 2.52. The summed E-state index contributed by atoms with van der Waals surface area (Å²) in [7, 11) is -4.56. The first kappa shape index (κ1) is 18.9. The highest BCUT2D eigenvalue weighted by molar-refractivity contribution is 7.86. The molecule has 0 bridgehead atoms. The minimum Gasteiger partial charge on any atom is -0.493 e. The van der Waals surface area contributed by atoms with Gasteiger partial charge in [-0.2, -0.15) is 8.42 Å². The highest BCUT2D eigenvalue weighted by Gasteiger charge is 2.19. The maximum Gasteiger partial charge on any atom is 0.296 e. The van der Waals surface area contributed by atoms with E-state index >= 15 is 0 Å². The van der Waals surface area contributed by atoms with Crippen molar-refractivity contribution in [3.05, 3.63) is 39.1 Å². The Morgan fingerprint density at radius 3 is 2.52 bits per heavy atom. The highest BCUT2D eigenvalue weighted by Crippen LogP contribution is 2.33. The maximum absolute atomic E-state index is 12.4. The number of benzene rings is 1. The normalized spacial score (nSPS) is 12.0. The number of anilines is 1. The van der Waals surface area contributed by atoms with E-state index < -0.39 is 26.5 Å². The van der Waals surface area contributed by atoms with E-state index in [1.54, 1.807) is 6.92 Å². The van der Waals surface area contributed by atoms with Crippen LogP contribution in [0.5, 0.6) is 5.88 Å². The lowest BCUT2D eigenvalue weighted by atomic mass is 10.2. The summed E-state index contributed by atoms with van der Waals surface area (Å²) in [6, 6.07) is 3.52. The lowest BCUT2D eigenvalue weighted by Gasteiger charge is -2.11. The second-order valence-corrected chi connectivity index (χ2v) is 6.83. The lowest BCUT2D eigenvalue weighted by molar-refractivity contribution is 0.411. The Hall–Kier alpha value is -2.43. The lowest BCUT2D eigenvalue weighted by Crippen LogP contribution is -2.19. The molecule has 0 spiro atoms. The predicted octanol–water partition coefficient (Wildman–Crippen LogP) is 2.78. The zero-order valence-electron chi connectivity index (χ0n) is 13.3. The maximum atomic E-state index is 12.4. The first-order valence-electron chi connectivity index (χ1n) is 6.98. The minimum atomic E-state index is -4.56. The number of hydrogen-bond donors (Lipinski definition) is 3. The van der Waals surface area contributed by atoms with E-state index in [0.717, 1.165) is 10.6 Å². The van der Waals surface area contributed by atoms with Crippen molar-refractivity contribution in [1.82, 2.24) is 4.57 Å². The summed E-state index contributed by atoms with van der Waals surface area (Å²) >= 11 is 5.98. The number of halogens is 1. The van der Waals surface area contributed by atoms with Crippen LogP contribution in [-0.4, -0.2) is 22.6 Å². The van der Waals surface area contributed by atoms with Crippen molar-refractivity contribution < 1.29 is 18.1 Å². The van der Waals surface area contributed by atoms with Crippen LogP contribution in [0.2, 0.25) is 5.02 Å². The van der Waals surface area contributed by atoms with Crippen molar-refractivity contribution in [2.24, 2.45) is 10.2 Å². The third-order valence-corrected chi connectivity index (χ3v) is 4.77. The molecular weight excluding hydrogens is 372 g/mol. The Kier molecular flexibility index (Phi) is 5.16. The summed E-state index contributed by atoms with van der Waals surface area (Å²) in [6.45, 7) is 3.23. The van der Waals surface area contributed by atoms with Crippen molar-refractivity contribution in [3.63, 3.8) is 0 Å². The van der Waals surface area contributed by atoms with Crippen molar-refractivity contribution in [2.75, 3.05) is 5.73 Å². The van der Waals surface area contributed by atoms with Gasteiger partial charge in [0.2, 0.25) is 5.88 Å². The SMILES string of the molecule is CCn1c(O)c(Cl)c(C)c(N=Nc2cc(N)ccc2S(=O)(=O)O)c1=O. The fourth-order valence-corrected chi connectivity index (χ4v) is 2.92. The molecular formula is C14H15ClN4O5S. The molecule has 2 aromatic rings. The third kappa shape index (κ3) is 3.65. The van der Waals surface area contributed by atoms with Gasteiger partial charge in [-0.25, -0.2) is 0 Å². The quantitative estimate of drug-likeness (QED) is 0.418. The third-order valence-electron chi connectivity index (χ3n) is 3.42. The number of nitrogen functional groups attached to an aromatic ring is 1. The summed E-state index contributed by atoms with van der Waals surface area (Å²) in [5, 5.41) is 17.3. The van der Waals surface area contributed by atoms with Crippen molar-refractivity contribution >= 4 is 38.8 Å². The topological polar surface area (TPSA) is 147 Å². The van der Waals surface area contributed by atoms with Gasteiger partial charge >= 0.3 is 0 Å². The van der Waals surface area contributed by atoms with E-state index in [-0.39, 0.29) is 34.2 Å². The van der Waals surface area contributed by atoms with E-state index in [1.165, 1.54) is 19.1 Å². The molecule has 9 nitrogen and oxygen atoms in total. The molecule has 0 aliphatic rings. The summed E-state index contributed by atoms with van der Waals surface area (Å²) < 4.78 is 33.0. The van der Waals surface area contributed by atoms with E-state index in [0.29, 0.717) is 0 Å². The molecule has 1 aromatic heterocycles. The molecule has 0 aliphatic heterocycles. The van der Waals surface area contributed by atoms with Gasteiger partial charge in [-0.3, -0.25) is 13.9 Å². The van der Waals surface area contributed by atoms with Gasteiger partial charge < -0.3 is 10.8 Å². The number of hydrogen-bond acceptors (Lipinski definition) is 7. The molecule has 0 atom stereocenters. The van der Waals surface area contributed by atoms with Crippen LogP contribution in [0.25, 0.3) is 0 Å². The zero-order valence-corrected chi connectivity index (χ0v) is 14.8. The van der Waals surface area contributed by atoms with Gasteiger partial charge in [-0.15, -0.1) is 10.2 Å². The molecule has 1 aromatic carbocycles. The molecule has 11 heteroatoms. The molecule has 0 amide bonds. The molecule has 25 heavy (non-hydrogen) atoms. The number of aromatic hydroxyl groups is 1. The fraction of sp³-hybridized carbons (Fsp3) is 0.214. The smallest absolute Gasteiger partial charge is 0.296 e. The van der Waals surface area contributed by atoms with Crippen molar-refractivity contribution in [1.29, 1.82) is 0 Å². The molecule has 0 saturated heterocycles. The van der Waals surface area contributed by atoms with Crippen LogP contribution in [0.1, 0.15) is 12.5 Å². The van der Waals surface area contributed by atoms with Crippen LogP contribution >= 0.6 is 11.6 Å². The van der Waals surface area contributed by atoms with Crippen LogP contribution < -0.4 is 11.3 Å². The molecule has 0 radical (unpaired) electrons. The molecule has 4 N–H and O–H groups in total. The zero-order chi connectivity index (χ0) is 18.9. The van der Waals surface area contributed by atoms with Crippen molar-refractivity contribution in [2.45, 2.75) is 25.3 Å². The van der Waals surface area contributed by atoms with Crippen LogP contribution in [0.4, 0.5) is 17.1 Å². The number of pyridine rings is 1. The van der Waals surface area contributed by atoms with E-state index in [2.05, 4.69) is 10.2 Å². The summed E-state index contributed by atoms with van der Waals surface area (Å²) in [4.78, 5) is 11.9. The summed E-state index contributed by atoms with van der Waals surface area (Å²) in [6.07, 6.45) is 0. The predicted molar refractivity (Wildman–Crippen MR) is 92.6 cm³/mol. The van der Waals surface area contributed by atoms with E-state index in [9.17, 15) is 22.9 Å². The van der Waals surface area contributed by atoms with Crippen molar-refractivity contribution in [3.8, 4) is 5.88 Å².